The van der Waals surface area contributed by atoms with Crippen LogP contribution in [0.1, 0.15) is 39.5 Å². The van der Waals surface area contributed by atoms with Crippen molar-refractivity contribution in [2.45, 2.75) is 23.9 Å². The molecule has 2 heterocycles. The van der Waals surface area contributed by atoms with Crippen LogP contribution in [0.15, 0.2) is 84.3 Å². The molecular formula is C30H31N3O3S. The van der Waals surface area contributed by atoms with Crippen LogP contribution in [-0.4, -0.2) is 53.7 Å². The molecule has 3 aromatic carbocycles. The number of carbonyl (C=O) groups excluding carboxylic acids is 2. The second-order valence-electron chi connectivity index (χ2n) is 9.43. The molecule has 7 heteroatoms. The maximum Gasteiger partial charge on any atom is 0.224 e. The van der Waals surface area contributed by atoms with Crippen LogP contribution in [0.3, 0.4) is 0 Å². The van der Waals surface area contributed by atoms with Crippen molar-refractivity contribution in [3.8, 4) is 0 Å². The van der Waals surface area contributed by atoms with Gasteiger partial charge in [-0.1, -0.05) is 67.2 Å². The number of ether oxygens (including phenoxy) is 1. The van der Waals surface area contributed by atoms with Gasteiger partial charge in [0.05, 0.1) is 13.2 Å². The number of thioether (sulfide) groups is 1. The lowest BCUT2D eigenvalue weighted by Crippen LogP contribution is -2.43. The predicted molar refractivity (Wildman–Crippen MR) is 148 cm³/mol. The summed E-state index contributed by atoms with van der Waals surface area (Å²) >= 11 is 1.14. The van der Waals surface area contributed by atoms with E-state index in [4.69, 9.17) is 10.5 Å². The van der Waals surface area contributed by atoms with E-state index in [1.165, 1.54) is 0 Å². The smallest absolute Gasteiger partial charge is 0.224 e. The highest BCUT2D eigenvalue weighted by Gasteiger charge is 2.32. The van der Waals surface area contributed by atoms with Gasteiger partial charge < -0.3 is 15.4 Å². The van der Waals surface area contributed by atoms with E-state index in [2.05, 4.69) is 23.6 Å². The highest BCUT2D eigenvalue weighted by Crippen LogP contribution is 2.38. The van der Waals surface area contributed by atoms with Crippen LogP contribution in [0.4, 0.5) is 5.69 Å². The highest BCUT2D eigenvalue weighted by molar-refractivity contribution is 8.14. The van der Waals surface area contributed by atoms with E-state index in [1.54, 1.807) is 6.07 Å². The van der Waals surface area contributed by atoms with E-state index in [9.17, 15) is 9.59 Å². The molecule has 0 radical (unpaired) electrons. The largest absolute Gasteiger partial charge is 0.398 e. The molecule has 1 amide bonds. The fourth-order valence-electron chi connectivity index (χ4n) is 4.97. The number of nitrogen functional groups attached to an aromatic ring is 1. The average molecular weight is 514 g/mol. The van der Waals surface area contributed by atoms with Crippen LogP contribution < -0.4 is 5.73 Å². The van der Waals surface area contributed by atoms with Gasteiger partial charge in [-0.05, 0) is 46.2 Å². The molecule has 6 nitrogen and oxygen atoms in total. The molecule has 2 aliphatic heterocycles. The van der Waals surface area contributed by atoms with Crippen molar-refractivity contribution in [2.24, 2.45) is 0 Å². The van der Waals surface area contributed by atoms with Gasteiger partial charge >= 0.3 is 0 Å². The standard InChI is InChI=1S/C30H31N3O3S/c1-21-19-33(20-22-10-12-23(13-11-22)30(35)37-28-9-5-4-8-26(28)31)27(25-7-3-2-6-24(21)25)18-29(34)32-14-16-36-17-15-32/h2-13,27H,1,14-20,31H2. The number of nitrogens with zero attached hydrogens (tertiary/aromatic N) is 2. The molecule has 0 aliphatic carbocycles. The molecule has 0 bridgehead atoms. The van der Waals surface area contributed by atoms with Crippen LogP contribution in [-0.2, 0) is 16.1 Å². The second-order valence-corrected chi connectivity index (χ2v) is 10.4. The lowest BCUT2D eigenvalue weighted by atomic mass is 9.87. The van der Waals surface area contributed by atoms with Crippen molar-refractivity contribution in [3.63, 3.8) is 0 Å². The minimum atomic E-state index is -0.0463. The number of fused-ring (bicyclic) bond motifs is 1. The summed E-state index contributed by atoms with van der Waals surface area (Å²) in [6, 6.07) is 23.3. The topological polar surface area (TPSA) is 75.9 Å². The predicted octanol–water partition coefficient (Wildman–Crippen LogP) is 5.02. The summed E-state index contributed by atoms with van der Waals surface area (Å²) in [5.41, 5.74) is 11.6. The van der Waals surface area contributed by atoms with E-state index < -0.39 is 0 Å². The molecule has 1 fully saturated rings. The van der Waals surface area contributed by atoms with E-state index in [0.717, 1.165) is 38.9 Å². The maximum absolute atomic E-state index is 13.2. The number of benzene rings is 3. The Bertz CT molecular complexity index is 1300. The lowest BCUT2D eigenvalue weighted by molar-refractivity contribution is -0.136. The van der Waals surface area contributed by atoms with Crippen LogP contribution in [0.5, 0.6) is 0 Å². The maximum atomic E-state index is 13.2. The molecule has 1 unspecified atom stereocenters. The van der Waals surface area contributed by atoms with Gasteiger partial charge in [0.25, 0.3) is 0 Å². The normalized spacial score (nSPS) is 17.9. The van der Waals surface area contributed by atoms with Crippen molar-refractivity contribution in [1.29, 1.82) is 0 Å². The minimum Gasteiger partial charge on any atom is -0.398 e. The van der Waals surface area contributed by atoms with Crippen LogP contribution in [0.2, 0.25) is 0 Å². The summed E-state index contributed by atoms with van der Waals surface area (Å²) in [6.45, 7) is 8.12. The van der Waals surface area contributed by atoms with Crippen molar-refractivity contribution < 1.29 is 14.3 Å². The molecule has 1 atom stereocenters. The van der Waals surface area contributed by atoms with Crippen molar-refractivity contribution in [2.75, 3.05) is 38.6 Å². The number of morpholine rings is 1. The monoisotopic (exact) mass is 513 g/mol. The van der Waals surface area contributed by atoms with Gasteiger partial charge in [0.1, 0.15) is 0 Å². The zero-order chi connectivity index (χ0) is 25.8. The number of para-hydroxylation sites is 1. The summed E-state index contributed by atoms with van der Waals surface area (Å²) in [4.78, 5) is 31.0. The first-order valence-corrected chi connectivity index (χ1v) is 13.3. The van der Waals surface area contributed by atoms with Crippen molar-refractivity contribution in [3.05, 3.63) is 102 Å². The van der Waals surface area contributed by atoms with Crippen LogP contribution >= 0.6 is 11.8 Å². The SMILES string of the molecule is C=C1CN(Cc2ccc(C(=O)Sc3ccccc3N)cc2)C(CC(=O)N2CCOCC2)c2ccccc21. The van der Waals surface area contributed by atoms with E-state index in [0.29, 0.717) is 57.1 Å². The minimum absolute atomic E-state index is 0.0429. The lowest BCUT2D eigenvalue weighted by Gasteiger charge is -2.39. The summed E-state index contributed by atoms with van der Waals surface area (Å²) in [7, 11) is 0. The fourth-order valence-corrected chi connectivity index (χ4v) is 5.76. The summed E-state index contributed by atoms with van der Waals surface area (Å²) in [6.07, 6.45) is 0.413. The van der Waals surface area contributed by atoms with Crippen molar-refractivity contribution in [1.82, 2.24) is 9.80 Å². The Morgan fingerprint density at radius 2 is 1.68 bits per heavy atom. The Hall–Kier alpha value is -3.39. The Balaban J connectivity index is 1.32. The Morgan fingerprint density at radius 3 is 2.43 bits per heavy atom. The Morgan fingerprint density at radius 1 is 0.973 bits per heavy atom. The third-order valence-corrected chi connectivity index (χ3v) is 7.98. The third-order valence-electron chi connectivity index (χ3n) is 6.96. The van der Waals surface area contributed by atoms with Gasteiger partial charge in [-0.2, -0.15) is 0 Å². The van der Waals surface area contributed by atoms with Gasteiger partial charge in [-0.15, -0.1) is 0 Å². The van der Waals surface area contributed by atoms with Crippen LogP contribution in [0, 0.1) is 0 Å². The van der Waals surface area contributed by atoms with Gasteiger partial charge in [-0.3, -0.25) is 14.5 Å². The Labute approximate surface area is 222 Å². The summed E-state index contributed by atoms with van der Waals surface area (Å²) in [5.74, 6) is 0.152. The molecule has 2 aliphatic rings. The first-order valence-electron chi connectivity index (χ1n) is 12.5. The second kappa shape index (κ2) is 11.3. The van der Waals surface area contributed by atoms with Gasteiger partial charge in [0.2, 0.25) is 11.0 Å². The van der Waals surface area contributed by atoms with Crippen LogP contribution in [0.25, 0.3) is 5.57 Å². The molecule has 3 aromatic rings. The summed E-state index contributed by atoms with van der Waals surface area (Å²) in [5, 5.41) is -0.0429. The van der Waals surface area contributed by atoms with E-state index in [-0.39, 0.29) is 17.1 Å². The zero-order valence-corrected chi connectivity index (χ0v) is 21.6. The number of rotatable bonds is 6. The quantitative estimate of drug-likeness (QED) is 0.369. The highest BCUT2D eigenvalue weighted by atomic mass is 32.2. The number of amides is 1. The molecule has 37 heavy (non-hydrogen) atoms. The Kier molecular flexibility index (Phi) is 7.74. The molecule has 190 valence electrons. The molecule has 2 N–H and O–H groups in total. The van der Waals surface area contributed by atoms with Gasteiger partial charge in [0.15, 0.2) is 0 Å². The zero-order valence-electron chi connectivity index (χ0n) is 20.8. The first-order chi connectivity index (χ1) is 18.0. The number of hydrogen-bond acceptors (Lipinski definition) is 6. The molecule has 5 rings (SSSR count). The number of nitrogens with two attached hydrogens (primary N) is 1. The average Bonchev–Trinajstić information content (AvgIpc) is 2.93. The van der Waals surface area contributed by atoms with E-state index in [1.807, 2.05) is 59.5 Å². The third kappa shape index (κ3) is 5.80. The van der Waals surface area contributed by atoms with Crippen molar-refractivity contribution >= 4 is 34.0 Å². The molecule has 0 spiro atoms. The summed E-state index contributed by atoms with van der Waals surface area (Å²) < 4.78 is 5.43. The van der Waals surface area contributed by atoms with Gasteiger partial charge in [0, 0.05) is 54.8 Å². The molecule has 0 saturated carbocycles. The number of carbonyl (C=O) groups is 2. The first kappa shape index (κ1) is 25.3. The molecular weight excluding hydrogens is 482 g/mol. The molecule has 1 saturated heterocycles. The number of hydrogen-bond donors (Lipinski definition) is 1. The molecule has 0 aromatic heterocycles. The fraction of sp³-hybridized carbons (Fsp3) is 0.267. The number of anilines is 1. The van der Waals surface area contributed by atoms with E-state index >= 15 is 0 Å². The van der Waals surface area contributed by atoms with Gasteiger partial charge in [-0.25, -0.2) is 0 Å².